The highest BCUT2D eigenvalue weighted by Gasteiger charge is 2.41. The Morgan fingerprint density at radius 2 is 1.76 bits per heavy atom. The first-order valence-corrected chi connectivity index (χ1v) is 11.9. The highest BCUT2D eigenvalue weighted by atomic mass is 32.1. The molecule has 3 aromatic rings. The second-order valence-electron chi connectivity index (χ2n) is 8.11. The van der Waals surface area contributed by atoms with Crippen molar-refractivity contribution in [1.29, 1.82) is 0 Å². The van der Waals surface area contributed by atoms with E-state index in [0.717, 1.165) is 21.8 Å². The Kier molecular flexibility index (Phi) is 7.42. The topological polar surface area (TPSA) is 76.7 Å². The molecule has 7 heteroatoms. The normalized spacial score (nSPS) is 14.9. The lowest BCUT2D eigenvalue weighted by Gasteiger charge is -2.36. The molecule has 6 nitrogen and oxygen atoms in total. The van der Waals surface area contributed by atoms with E-state index in [-0.39, 0.29) is 11.8 Å². The van der Waals surface area contributed by atoms with E-state index >= 15 is 0 Å². The van der Waals surface area contributed by atoms with Gasteiger partial charge in [-0.25, -0.2) is 0 Å². The highest BCUT2D eigenvalue weighted by Crippen LogP contribution is 2.37. The van der Waals surface area contributed by atoms with Crippen molar-refractivity contribution in [3.05, 3.63) is 82.0 Å². The van der Waals surface area contributed by atoms with Gasteiger partial charge < -0.3 is 20.1 Å². The first-order chi connectivity index (χ1) is 16.1. The molecule has 0 radical (unpaired) electrons. The predicted octanol–water partition coefficient (Wildman–Crippen LogP) is 4.30. The average Bonchev–Trinajstić information content (AvgIpc) is 3.38. The fourth-order valence-corrected chi connectivity index (χ4v) is 4.72. The van der Waals surface area contributed by atoms with Crippen LogP contribution < -0.4 is 15.4 Å². The van der Waals surface area contributed by atoms with Crippen molar-refractivity contribution < 1.29 is 19.1 Å². The summed E-state index contributed by atoms with van der Waals surface area (Å²) in [5.41, 5.74) is 1.92. The van der Waals surface area contributed by atoms with Gasteiger partial charge in [-0.3, -0.25) is 9.59 Å². The van der Waals surface area contributed by atoms with Crippen LogP contribution in [0.4, 0.5) is 5.69 Å². The van der Waals surface area contributed by atoms with E-state index in [1.807, 2.05) is 66.0 Å². The quantitative estimate of drug-likeness (QED) is 0.521. The summed E-state index contributed by atoms with van der Waals surface area (Å²) in [7, 11) is 1.63. The summed E-state index contributed by atoms with van der Waals surface area (Å²) >= 11 is 1.62. The van der Waals surface area contributed by atoms with Crippen LogP contribution in [0.1, 0.15) is 28.8 Å². The third-order valence-electron chi connectivity index (χ3n) is 6.04. The molecule has 1 aliphatic rings. The van der Waals surface area contributed by atoms with Gasteiger partial charge in [-0.15, -0.1) is 11.3 Å². The largest absolute Gasteiger partial charge is 0.497 e. The molecule has 4 rings (SSSR count). The van der Waals surface area contributed by atoms with Crippen LogP contribution in [0.2, 0.25) is 0 Å². The number of hydrogen-bond acceptors (Lipinski definition) is 5. The van der Waals surface area contributed by atoms with Crippen LogP contribution in [-0.4, -0.2) is 32.1 Å². The summed E-state index contributed by atoms with van der Waals surface area (Å²) in [4.78, 5) is 26.8. The number of rotatable bonds is 8. The number of thiophene rings is 1. The Morgan fingerprint density at radius 1 is 1.03 bits per heavy atom. The first kappa shape index (κ1) is 23.0. The van der Waals surface area contributed by atoms with E-state index in [1.165, 1.54) is 0 Å². The molecule has 0 saturated carbocycles. The Labute approximate surface area is 197 Å². The summed E-state index contributed by atoms with van der Waals surface area (Å²) in [5, 5.41) is 8.01. The molecule has 2 N–H and O–H groups in total. The van der Waals surface area contributed by atoms with E-state index in [0.29, 0.717) is 44.7 Å². The van der Waals surface area contributed by atoms with E-state index in [4.69, 9.17) is 9.47 Å². The van der Waals surface area contributed by atoms with Crippen molar-refractivity contribution in [1.82, 2.24) is 5.32 Å². The van der Waals surface area contributed by atoms with Crippen molar-refractivity contribution in [3.63, 3.8) is 0 Å². The number of benzene rings is 2. The summed E-state index contributed by atoms with van der Waals surface area (Å²) in [6.07, 6.45) is 1.54. The fourth-order valence-electron chi connectivity index (χ4n) is 4.08. The molecular weight excluding hydrogens is 436 g/mol. The molecule has 1 saturated heterocycles. The SMILES string of the molecule is COc1ccc(C2(C(=O)Nc3ccc(CC(=O)NCc4cccs4)cc3)CCOCC2)cc1. The van der Waals surface area contributed by atoms with Gasteiger partial charge >= 0.3 is 0 Å². The lowest BCUT2D eigenvalue weighted by molar-refractivity contribution is -0.125. The van der Waals surface area contributed by atoms with Gasteiger partial charge in [-0.1, -0.05) is 30.3 Å². The van der Waals surface area contributed by atoms with Gasteiger partial charge in [0, 0.05) is 23.8 Å². The van der Waals surface area contributed by atoms with E-state index < -0.39 is 5.41 Å². The number of methoxy groups -OCH3 is 1. The summed E-state index contributed by atoms with van der Waals surface area (Å²) in [6, 6.07) is 19.1. The lowest BCUT2D eigenvalue weighted by Crippen LogP contribution is -2.44. The molecule has 172 valence electrons. The molecule has 0 atom stereocenters. The Morgan fingerprint density at radius 3 is 2.39 bits per heavy atom. The summed E-state index contributed by atoms with van der Waals surface area (Å²) < 4.78 is 10.8. The van der Waals surface area contributed by atoms with Crippen LogP contribution in [0, 0.1) is 0 Å². The van der Waals surface area contributed by atoms with Gasteiger partial charge in [-0.2, -0.15) is 0 Å². The van der Waals surface area contributed by atoms with Crippen molar-refractivity contribution in [2.24, 2.45) is 0 Å². The van der Waals surface area contributed by atoms with Crippen LogP contribution >= 0.6 is 11.3 Å². The van der Waals surface area contributed by atoms with E-state index in [1.54, 1.807) is 18.4 Å². The Bertz CT molecular complexity index is 1060. The van der Waals surface area contributed by atoms with Crippen LogP contribution in [0.25, 0.3) is 0 Å². The average molecular weight is 465 g/mol. The van der Waals surface area contributed by atoms with Gasteiger partial charge in [0.2, 0.25) is 11.8 Å². The lowest BCUT2D eigenvalue weighted by atomic mass is 9.73. The zero-order valence-corrected chi connectivity index (χ0v) is 19.5. The van der Waals surface area contributed by atoms with Crippen molar-refractivity contribution in [3.8, 4) is 5.75 Å². The van der Waals surface area contributed by atoms with E-state index in [9.17, 15) is 9.59 Å². The monoisotopic (exact) mass is 464 g/mol. The second-order valence-corrected chi connectivity index (χ2v) is 9.14. The number of amides is 2. The van der Waals surface area contributed by atoms with Crippen LogP contribution in [-0.2, 0) is 32.7 Å². The molecule has 2 amide bonds. The van der Waals surface area contributed by atoms with E-state index in [2.05, 4.69) is 10.6 Å². The third kappa shape index (κ3) is 5.61. The molecule has 1 aromatic heterocycles. The van der Waals surface area contributed by atoms with Gasteiger partial charge in [0.25, 0.3) is 0 Å². The predicted molar refractivity (Wildman–Crippen MR) is 130 cm³/mol. The summed E-state index contributed by atoms with van der Waals surface area (Å²) in [5.74, 6) is 0.689. The molecule has 0 bridgehead atoms. The van der Waals surface area contributed by atoms with Gasteiger partial charge in [0.1, 0.15) is 5.75 Å². The number of anilines is 1. The van der Waals surface area contributed by atoms with Crippen LogP contribution in [0.5, 0.6) is 5.75 Å². The molecule has 1 fully saturated rings. The van der Waals surface area contributed by atoms with Crippen molar-refractivity contribution in [2.75, 3.05) is 25.6 Å². The second kappa shape index (κ2) is 10.6. The highest BCUT2D eigenvalue weighted by molar-refractivity contribution is 7.09. The standard InChI is InChI=1S/C26H28N2O4S/c1-31-22-10-6-20(7-11-22)26(12-14-32-15-13-26)25(30)28-21-8-4-19(5-9-21)17-24(29)27-18-23-3-2-16-33-23/h2-11,16H,12-15,17-18H2,1H3,(H,27,29)(H,28,30). The molecule has 2 aromatic carbocycles. The number of carbonyl (C=O) groups is 2. The third-order valence-corrected chi connectivity index (χ3v) is 6.92. The van der Waals surface area contributed by atoms with Crippen LogP contribution in [0.3, 0.4) is 0 Å². The Hall–Kier alpha value is -3.16. The zero-order chi connectivity index (χ0) is 23.1. The van der Waals surface area contributed by atoms with Gasteiger partial charge in [0.15, 0.2) is 0 Å². The smallest absolute Gasteiger partial charge is 0.235 e. The molecule has 33 heavy (non-hydrogen) atoms. The number of ether oxygens (including phenoxy) is 2. The fraction of sp³-hybridized carbons (Fsp3) is 0.308. The number of nitrogens with one attached hydrogen (secondary N) is 2. The maximum atomic E-state index is 13.4. The minimum Gasteiger partial charge on any atom is -0.497 e. The summed E-state index contributed by atoms with van der Waals surface area (Å²) in [6.45, 7) is 1.62. The van der Waals surface area contributed by atoms with Gasteiger partial charge in [-0.05, 0) is 59.7 Å². The molecule has 0 unspecified atom stereocenters. The number of carbonyl (C=O) groups excluding carboxylic acids is 2. The zero-order valence-electron chi connectivity index (χ0n) is 18.6. The molecule has 0 aliphatic carbocycles. The molecule has 2 heterocycles. The van der Waals surface area contributed by atoms with Gasteiger partial charge in [0.05, 0.1) is 25.5 Å². The van der Waals surface area contributed by atoms with Crippen LogP contribution in [0.15, 0.2) is 66.0 Å². The molecule has 0 spiro atoms. The first-order valence-electron chi connectivity index (χ1n) is 11.0. The Balaban J connectivity index is 1.40. The maximum Gasteiger partial charge on any atom is 0.235 e. The minimum absolute atomic E-state index is 0.0270. The molecule has 1 aliphatic heterocycles. The molecular formula is C26H28N2O4S. The minimum atomic E-state index is -0.648. The van der Waals surface area contributed by atoms with Crippen molar-refractivity contribution in [2.45, 2.75) is 31.2 Å². The number of hydrogen-bond donors (Lipinski definition) is 2. The maximum absolute atomic E-state index is 13.4. The van der Waals surface area contributed by atoms with Crippen molar-refractivity contribution >= 4 is 28.8 Å².